The van der Waals surface area contributed by atoms with E-state index in [4.69, 9.17) is 0 Å². The highest BCUT2D eigenvalue weighted by Gasteiger charge is 2.22. The van der Waals surface area contributed by atoms with Gasteiger partial charge in [-0.2, -0.15) is 4.31 Å². The maximum atomic E-state index is 12.5. The van der Waals surface area contributed by atoms with Gasteiger partial charge in [-0.25, -0.2) is 16.8 Å². The third-order valence-corrected chi connectivity index (χ3v) is 7.21. The number of carbonyl (C=O) groups excluding carboxylic acids is 1. The Bertz CT molecular complexity index is 1030. The topological polar surface area (TPSA) is 101 Å². The number of hydrogen-bond acceptors (Lipinski definition) is 5. The van der Waals surface area contributed by atoms with Gasteiger partial charge in [0.15, 0.2) is 9.84 Å². The van der Waals surface area contributed by atoms with E-state index >= 15 is 0 Å². The number of para-hydroxylation sites is 1. The molecular weight excluding hydrogens is 388 g/mol. The van der Waals surface area contributed by atoms with Crippen LogP contribution in [0, 0.1) is 0 Å². The predicted octanol–water partition coefficient (Wildman–Crippen LogP) is 2.37. The fourth-order valence-electron chi connectivity index (χ4n) is 2.58. The highest BCUT2D eigenvalue weighted by Crippen LogP contribution is 2.22. The summed E-state index contributed by atoms with van der Waals surface area (Å²) < 4.78 is 49.9. The second-order valence-corrected chi connectivity index (χ2v) is 9.76. The molecule has 0 unspecified atom stereocenters. The average Bonchev–Trinajstić information content (AvgIpc) is 2.62. The zero-order valence-corrected chi connectivity index (χ0v) is 17.0. The molecule has 146 valence electrons. The lowest BCUT2D eigenvalue weighted by atomic mass is 10.2. The minimum absolute atomic E-state index is 0.0130. The second-order valence-electron chi connectivity index (χ2n) is 5.84. The van der Waals surface area contributed by atoms with Gasteiger partial charge in [-0.05, 0) is 36.4 Å². The minimum Gasteiger partial charge on any atom is -0.321 e. The molecule has 0 fully saturated rings. The molecule has 0 bridgehead atoms. The standard InChI is InChI=1S/C18H22N2O5S2/c1-4-20(5-2)27(24,25)15-12-10-14(11-13-15)18(21)19-16-8-6-7-9-17(16)26(3,22)23/h6-13H,4-5H2,1-3H3,(H,19,21). The number of anilines is 1. The van der Waals surface area contributed by atoms with Crippen LogP contribution < -0.4 is 5.32 Å². The van der Waals surface area contributed by atoms with Crippen molar-refractivity contribution in [2.45, 2.75) is 23.6 Å². The summed E-state index contributed by atoms with van der Waals surface area (Å²) in [4.78, 5) is 12.5. The lowest BCUT2D eigenvalue weighted by Gasteiger charge is -2.18. The normalized spacial score (nSPS) is 12.1. The van der Waals surface area contributed by atoms with Gasteiger partial charge in [0.1, 0.15) is 0 Å². The summed E-state index contributed by atoms with van der Waals surface area (Å²) >= 11 is 0. The average molecular weight is 411 g/mol. The molecule has 0 aliphatic carbocycles. The predicted molar refractivity (Wildman–Crippen MR) is 104 cm³/mol. The Morgan fingerprint density at radius 1 is 0.926 bits per heavy atom. The van der Waals surface area contributed by atoms with E-state index in [1.165, 1.54) is 40.7 Å². The van der Waals surface area contributed by atoms with Gasteiger partial charge in [0.2, 0.25) is 10.0 Å². The highest BCUT2D eigenvalue weighted by molar-refractivity contribution is 7.91. The molecule has 0 saturated carbocycles. The molecule has 0 heterocycles. The van der Waals surface area contributed by atoms with E-state index < -0.39 is 25.8 Å². The molecule has 27 heavy (non-hydrogen) atoms. The van der Waals surface area contributed by atoms with Gasteiger partial charge >= 0.3 is 0 Å². The number of hydrogen-bond donors (Lipinski definition) is 1. The van der Waals surface area contributed by atoms with Crippen molar-refractivity contribution in [3.05, 3.63) is 54.1 Å². The van der Waals surface area contributed by atoms with Crippen molar-refractivity contribution in [2.24, 2.45) is 0 Å². The maximum absolute atomic E-state index is 12.5. The molecule has 2 aromatic carbocycles. The van der Waals surface area contributed by atoms with E-state index in [1.807, 2.05) is 0 Å². The van der Waals surface area contributed by atoms with Crippen molar-refractivity contribution in [2.75, 3.05) is 24.7 Å². The van der Waals surface area contributed by atoms with Crippen LogP contribution in [0.3, 0.4) is 0 Å². The third-order valence-electron chi connectivity index (χ3n) is 3.99. The third kappa shape index (κ3) is 4.74. The van der Waals surface area contributed by atoms with E-state index in [0.29, 0.717) is 13.1 Å². The first-order valence-electron chi connectivity index (χ1n) is 8.32. The van der Waals surface area contributed by atoms with Gasteiger partial charge < -0.3 is 5.32 Å². The Hall–Kier alpha value is -2.23. The van der Waals surface area contributed by atoms with Crippen LogP contribution in [0.1, 0.15) is 24.2 Å². The van der Waals surface area contributed by atoms with Crippen LogP contribution in [0.15, 0.2) is 58.3 Å². The van der Waals surface area contributed by atoms with Gasteiger partial charge in [0.05, 0.1) is 15.5 Å². The molecule has 2 rings (SSSR count). The monoisotopic (exact) mass is 410 g/mol. The molecule has 9 heteroatoms. The lowest BCUT2D eigenvalue weighted by Crippen LogP contribution is -2.30. The minimum atomic E-state index is -3.61. The fraction of sp³-hybridized carbons (Fsp3) is 0.278. The molecule has 0 radical (unpaired) electrons. The number of amides is 1. The first-order valence-corrected chi connectivity index (χ1v) is 11.6. The number of rotatable bonds is 7. The summed E-state index contributed by atoms with van der Waals surface area (Å²) in [6, 6.07) is 11.6. The largest absolute Gasteiger partial charge is 0.321 e. The molecule has 0 aliphatic heterocycles. The molecule has 0 aromatic heterocycles. The Kier molecular flexibility index (Phi) is 6.40. The van der Waals surface area contributed by atoms with Gasteiger partial charge in [0.25, 0.3) is 5.91 Å². The van der Waals surface area contributed by atoms with Crippen LogP contribution in [-0.4, -0.2) is 46.4 Å². The van der Waals surface area contributed by atoms with Crippen molar-refractivity contribution < 1.29 is 21.6 Å². The smallest absolute Gasteiger partial charge is 0.255 e. The summed E-state index contributed by atoms with van der Waals surface area (Å²) in [5.41, 5.74) is 0.390. The van der Waals surface area contributed by atoms with Crippen LogP contribution in [0.5, 0.6) is 0 Å². The SMILES string of the molecule is CCN(CC)S(=O)(=O)c1ccc(C(=O)Nc2ccccc2S(C)(=O)=O)cc1. The van der Waals surface area contributed by atoms with Crippen molar-refractivity contribution in [1.29, 1.82) is 0 Å². The Morgan fingerprint density at radius 2 is 1.48 bits per heavy atom. The number of sulfone groups is 1. The molecular formula is C18H22N2O5S2. The van der Waals surface area contributed by atoms with E-state index in [-0.39, 0.29) is 21.0 Å². The Morgan fingerprint density at radius 3 is 2.00 bits per heavy atom. The van der Waals surface area contributed by atoms with E-state index in [1.54, 1.807) is 26.0 Å². The van der Waals surface area contributed by atoms with Gasteiger partial charge in [-0.15, -0.1) is 0 Å². The number of carbonyl (C=O) groups is 1. The number of benzene rings is 2. The van der Waals surface area contributed by atoms with Crippen molar-refractivity contribution in [1.82, 2.24) is 4.31 Å². The first kappa shape index (κ1) is 21.1. The quantitative estimate of drug-likeness (QED) is 0.755. The van der Waals surface area contributed by atoms with Gasteiger partial charge in [0, 0.05) is 24.9 Å². The molecule has 0 atom stereocenters. The molecule has 1 amide bonds. The Labute approximate surface area is 160 Å². The van der Waals surface area contributed by atoms with Gasteiger partial charge in [-0.1, -0.05) is 26.0 Å². The van der Waals surface area contributed by atoms with Crippen LogP contribution in [0.2, 0.25) is 0 Å². The molecule has 2 aromatic rings. The van der Waals surface area contributed by atoms with E-state index in [0.717, 1.165) is 6.26 Å². The highest BCUT2D eigenvalue weighted by atomic mass is 32.2. The van der Waals surface area contributed by atoms with E-state index in [2.05, 4.69) is 5.32 Å². The van der Waals surface area contributed by atoms with Crippen molar-refractivity contribution in [3.63, 3.8) is 0 Å². The summed E-state index contributed by atoms with van der Waals surface area (Å²) in [6.45, 7) is 4.21. The number of sulfonamides is 1. The summed E-state index contributed by atoms with van der Waals surface area (Å²) in [6.07, 6.45) is 1.06. The fourth-order valence-corrected chi connectivity index (χ4v) is 4.88. The number of nitrogens with one attached hydrogen (secondary N) is 1. The van der Waals surface area contributed by atoms with Crippen LogP contribution >= 0.6 is 0 Å². The van der Waals surface area contributed by atoms with Crippen LogP contribution in [0.25, 0.3) is 0 Å². The lowest BCUT2D eigenvalue weighted by molar-refractivity contribution is 0.102. The van der Waals surface area contributed by atoms with E-state index in [9.17, 15) is 21.6 Å². The Balaban J connectivity index is 2.28. The van der Waals surface area contributed by atoms with Gasteiger partial charge in [-0.3, -0.25) is 4.79 Å². The molecule has 0 aliphatic rings. The second kappa shape index (κ2) is 8.20. The van der Waals surface area contributed by atoms with Crippen molar-refractivity contribution in [3.8, 4) is 0 Å². The maximum Gasteiger partial charge on any atom is 0.255 e. The molecule has 0 saturated heterocycles. The zero-order chi connectivity index (χ0) is 20.2. The summed E-state index contributed by atoms with van der Waals surface area (Å²) in [5, 5.41) is 2.56. The molecule has 7 nitrogen and oxygen atoms in total. The zero-order valence-electron chi connectivity index (χ0n) is 15.3. The van der Waals surface area contributed by atoms with Crippen molar-refractivity contribution >= 4 is 31.5 Å². The molecule has 1 N–H and O–H groups in total. The summed E-state index contributed by atoms with van der Waals surface area (Å²) in [7, 11) is -7.11. The molecule has 0 spiro atoms. The summed E-state index contributed by atoms with van der Waals surface area (Å²) in [5.74, 6) is -0.530. The van der Waals surface area contributed by atoms with Crippen LogP contribution in [0.4, 0.5) is 5.69 Å². The van der Waals surface area contributed by atoms with Crippen LogP contribution in [-0.2, 0) is 19.9 Å². The first-order chi connectivity index (χ1) is 12.6. The number of nitrogens with zero attached hydrogens (tertiary/aromatic N) is 1.